The van der Waals surface area contributed by atoms with Gasteiger partial charge in [-0.15, -0.1) is 0 Å². The van der Waals surface area contributed by atoms with E-state index < -0.39 is 16.8 Å². The Morgan fingerprint density at radius 1 is 1.16 bits per heavy atom. The number of halogens is 1. The van der Waals surface area contributed by atoms with E-state index in [2.05, 4.69) is 10.1 Å². The first-order chi connectivity index (χ1) is 15.1. The summed E-state index contributed by atoms with van der Waals surface area (Å²) in [7, 11) is 0. The minimum Gasteiger partial charge on any atom is -0.444 e. The van der Waals surface area contributed by atoms with Gasteiger partial charge in [-0.05, 0) is 58.6 Å². The second-order valence-corrected chi connectivity index (χ2v) is 9.73. The van der Waals surface area contributed by atoms with E-state index in [1.165, 1.54) is 10.9 Å². The van der Waals surface area contributed by atoms with Gasteiger partial charge in [-0.3, -0.25) is 4.79 Å². The van der Waals surface area contributed by atoms with Crippen LogP contribution in [0, 0.1) is 11.2 Å². The third-order valence-electron chi connectivity index (χ3n) is 6.42. The first-order valence-corrected chi connectivity index (χ1v) is 11.0. The predicted molar refractivity (Wildman–Crippen MR) is 116 cm³/mol. The Hall–Kier alpha value is -2.97. The maximum atomic E-state index is 13.4. The third kappa shape index (κ3) is 4.33. The molecule has 1 unspecified atom stereocenters. The number of hydrogen-bond donors (Lipinski definition) is 0. The van der Waals surface area contributed by atoms with E-state index >= 15 is 0 Å². The lowest BCUT2D eigenvalue weighted by Crippen LogP contribution is -2.48. The molecule has 4 heterocycles. The first kappa shape index (κ1) is 22.2. The van der Waals surface area contributed by atoms with Gasteiger partial charge in [-0.2, -0.15) is 5.10 Å². The fourth-order valence-electron chi connectivity index (χ4n) is 4.51. The second-order valence-electron chi connectivity index (χ2n) is 9.73. The minimum atomic E-state index is -0.531. The van der Waals surface area contributed by atoms with Gasteiger partial charge in [0.05, 0.1) is 23.9 Å². The van der Waals surface area contributed by atoms with E-state index in [0.717, 1.165) is 18.2 Å². The van der Waals surface area contributed by atoms with Gasteiger partial charge in [0.2, 0.25) is 5.91 Å². The van der Waals surface area contributed by atoms with Crippen molar-refractivity contribution in [3.8, 4) is 5.82 Å². The number of likely N-dealkylation sites (tertiary alicyclic amines) is 2. The highest BCUT2D eigenvalue weighted by molar-refractivity contribution is 5.85. The standard InChI is InChI=1S/C23H30FN5O3/c1-16(17-5-6-19(25-13-17)29-15-18(24)14-26-29)28-12-9-23(20(28)30)7-10-27(11-8-23)21(31)32-22(2,3)4/h5-6,13-16H,7-12H2,1-4H3. The molecular weight excluding hydrogens is 413 g/mol. The van der Waals surface area contributed by atoms with E-state index in [4.69, 9.17) is 4.74 Å². The summed E-state index contributed by atoms with van der Waals surface area (Å²) in [4.78, 5) is 33.8. The van der Waals surface area contributed by atoms with Gasteiger partial charge in [-0.1, -0.05) is 6.07 Å². The van der Waals surface area contributed by atoms with E-state index in [1.807, 2.05) is 38.7 Å². The quantitative estimate of drug-likeness (QED) is 0.722. The molecule has 0 bridgehead atoms. The first-order valence-electron chi connectivity index (χ1n) is 11.0. The maximum absolute atomic E-state index is 13.4. The maximum Gasteiger partial charge on any atom is 0.410 e. The number of piperidine rings is 1. The van der Waals surface area contributed by atoms with Crippen molar-refractivity contribution >= 4 is 12.0 Å². The number of carbonyl (C=O) groups excluding carboxylic acids is 2. The molecule has 0 aliphatic carbocycles. The normalized spacial score (nSPS) is 19.5. The summed E-state index contributed by atoms with van der Waals surface area (Å²) in [5.74, 6) is 0.241. The van der Waals surface area contributed by atoms with Crippen LogP contribution in [0.2, 0.25) is 0 Å². The number of aromatic nitrogens is 3. The highest BCUT2D eigenvalue weighted by Gasteiger charge is 2.50. The Morgan fingerprint density at radius 2 is 1.84 bits per heavy atom. The van der Waals surface area contributed by atoms with Crippen molar-refractivity contribution < 1.29 is 18.7 Å². The average molecular weight is 444 g/mol. The van der Waals surface area contributed by atoms with Gasteiger partial charge in [0.25, 0.3) is 0 Å². The zero-order valence-corrected chi connectivity index (χ0v) is 19.0. The second kappa shape index (κ2) is 8.18. The Labute approximate surface area is 187 Å². The molecule has 0 radical (unpaired) electrons. The van der Waals surface area contributed by atoms with Crippen LogP contribution in [0.25, 0.3) is 5.82 Å². The monoisotopic (exact) mass is 443 g/mol. The molecule has 2 aliphatic rings. The topological polar surface area (TPSA) is 80.6 Å². The number of pyridine rings is 1. The lowest BCUT2D eigenvalue weighted by Gasteiger charge is -2.38. The molecule has 9 heteroatoms. The van der Waals surface area contributed by atoms with E-state index in [1.54, 1.807) is 17.2 Å². The SMILES string of the molecule is CC(c1ccc(-n2cc(F)cn2)nc1)N1CCC2(CCN(C(=O)OC(C)(C)C)CC2)C1=O. The molecule has 2 amide bonds. The number of nitrogens with zero attached hydrogens (tertiary/aromatic N) is 5. The zero-order valence-electron chi connectivity index (χ0n) is 19.0. The number of rotatable bonds is 3. The molecule has 0 N–H and O–H groups in total. The highest BCUT2D eigenvalue weighted by Crippen LogP contribution is 2.44. The zero-order chi connectivity index (χ0) is 23.1. The van der Waals surface area contributed by atoms with Crippen LogP contribution in [0.5, 0.6) is 0 Å². The highest BCUT2D eigenvalue weighted by atomic mass is 19.1. The summed E-state index contributed by atoms with van der Waals surface area (Å²) in [5.41, 5.74) is -0.0262. The lowest BCUT2D eigenvalue weighted by atomic mass is 9.77. The van der Waals surface area contributed by atoms with Crippen LogP contribution in [-0.4, -0.2) is 61.8 Å². The molecule has 8 nitrogen and oxygen atoms in total. The molecule has 2 aliphatic heterocycles. The van der Waals surface area contributed by atoms with Crippen LogP contribution in [0.4, 0.5) is 9.18 Å². The molecule has 2 aromatic heterocycles. The molecule has 172 valence electrons. The van der Waals surface area contributed by atoms with Crippen LogP contribution in [0.1, 0.15) is 58.6 Å². The molecule has 2 saturated heterocycles. The van der Waals surface area contributed by atoms with Crippen LogP contribution in [0.3, 0.4) is 0 Å². The summed E-state index contributed by atoms with van der Waals surface area (Å²) in [6.07, 6.45) is 5.88. The predicted octanol–water partition coefficient (Wildman–Crippen LogP) is 3.72. The number of ether oxygens (including phenoxy) is 1. The fourth-order valence-corrected chi connectivity index (χ4v) is 4.51. The van der Waals surface area contributed by atoms with Crippen molar-refractivity contribution in [3.63, 3.8) is 0 Å². The smallest absolute Gasteiger partial charge is 0.410 e. The molecule has 2 fully saturated rings. The summed E-state index contributed by atoms with van der Waals surface area (Å²) >= 11 is 0. The van der Waals surface area contributed by atoms with Crippen LogP contribution in [-0.2, 0) is 9.53 Å². The molecular formula is C23H30FN5O3. The van der Waals surface area contributed by atoms with Crippen LogP contribution >= 0.6 is 0 Å². The minimum absolute atomic E-state index is 0.123. The number of carbonyl (C=O) groups is 2. The summed E-state index contributed by atoms with van der Waals surface area (Å²) < 4.78 is 20.0. The molecule has 32 heavy (non-hydrogen) atoms. The summed E-state index contributed by atoms with van der Waals surface area (Å²) in [5, 5.41) is 3.92. The van der Waals surface area contributed by atoms with Crippen LogP contribution < -0.4 is 0 Å². The Morgan fingerprint density at radius 3 is 2.41 bits per heavy atom. The van der Waals surface area contributed by atoms with Gasteiger partial charge in [0.1, 0.15) is 5.60 Å². The van der Waals surface area contributed by atoms with Crippen molar-refractivity contribution in [2.75, 3.05) is 19.6 Å². The largest absolute Gasteiger partial charge is 0.444 e. The molecule has 1 atom stereocenters. The van der Waals surface area contributed by atoms with E-state index in [9.17, 15) is 14.0 Å². The molecule has 2 aromatic rings. The Kier molecular flexibility index (Phi) is 5.68. The summed E-state index contributed by atoms with van der Waals surface area (Å²) in [6, 6.07) is 3.55. The van der Waals surface area contributed by atoms with Crippen molar-refractivity contribution in [2.45, 2.75) is 58.6 Å². The molecule has 0 aromatic carbocycles. The average Bonchev–Trinajstić information content (AvgIpc) is 3.31. The van der Waals surface area contributed by atoms with Crippen molar-refractivity contribution in [3.05, 3.63) is 42.1 Å². The van der Waals surface area contributed by atoms with Gasteiger partial charge >= 0.3 is 6.09 Å². The Balaban J connectivity index is 1.39. The van der Waals surface area contributed by atoms with Gasteiger partial charge in [0.15, 0.2) is 11.6 Å². The third-order valence-corrected chi connectivity index (χ3v) is 6.42. The van der Waals surface area contributed by atoms with Gasteiger partial charge in [0, 0.05) is 25.8 Å². The van der Waals surface area contributed by atoms with E-state index in [0.29, 0.717) is 38.3 Å². The van der Waals surface area contributed by atoms with Crippen molar-refractivity contribution in [2.24, 2.45) is 5.41 Å². The molecule has 1 spiro atoms. The van der Waals surface area contributed by atoms with E-state index in [-0.39, 0.29) is 18.0 Å². The lowest BCUT2D eigenvalue weighted by molar-refractivity contribution is -0.140. The number of amides is 2. The fraction of sp³-hybridized carbons (Fsp3) is 0.565. The Bertz CT molecular complexity index is 990. The van der Waals surface area contributed by atoms with Gasteiger partial charge < -0.3 is 14.5 Å². The summed E-state index contributed by atoms with van der Waals surface area (Å²) in [6.45, 7) is 9.29. The molecule has 0 saturated carbocycles. The van der Waals surface area contributed by atoms with Gasteiger partial charge in [-0.25, -0.2) is 18.9 Å². The number of hydrogen-bond acceptors (Lipinski definition) is 5. The van der Waals surface area contributed by atoms with Crippen molar-refractivity contribution in [1.29, 1.82) is 0 Å². The van der Waals surface area contributed by atoms with Crippen LogP contribution in [0.15, 0.2) is 30.7 Å². The molecule has 4 rings (SSSR count). The van der Waals surface area contributed by atoms with Crippen molar-refractivity contribution in [1.82, 2.24) is 24.6 Å².